The van der Waals surface area contributed by atoms with E-state index >= 15 is 0 Å². The fourth-order valence-electron chi connectivity index (χ4n) is 4.74. The van der Waals surface area contributed by atoms with Crippen molar-refractivity contribution in [3.8, 4) is 11.4 Å². The highest BCUT2D eigenvalue weighted by atomic mass is 35.5. The van der Waals surface area contributed by atoms with Gasteiger partial charge in [0.15, 0.2) is 5.11 Å². The van der Waals surface area contributed by atoms with E-state index in [0.29, 0.717) is 25.9 Å². The fourth-order valence-corrected chi connectivity index (χ4v) is 5.63. The third kappa shape index (κ3) is 4.15. The van der Waals surface area contributed by atoms with Gasteiger partial charge in [0.05, 0.1) is 39.2 Å². The molecule has 0 aliphatic carbocycles. The van der Waals surface area contributed by atoms with Gasteiger partial charge in [0.2, 0.25) is 0 Å². The molecule has 178 valence electrons. The molecule has 1 saturated heterocycles. The minimum absolute atomic E-state index is 0.0805. The lowest BCUT2D eigenvalue weighted by Crippen LogP contribution is -2.29. The molecule has 5 rings (SSSR count). The van der Waals surface area contributed by atoms with Crippen molar-refractivity contribution in [2.75, 3.05) is 4.90 Å². The van der Waals surface area contributed by atoms with E-state index in [1.807, 2.05) is 49.1 Å². The van der Waals surface area contributed by atoms with Crippen LogP contribution in [0.5, 0.6) is 5.75 Å². The van der Waals surface area contributed by atoms with Crippen LogP contribution in [0.3, 0.4) is 0 Å². The topological polar surface area (TPSA) is 53.3 Å². The number of aromatic nitrogens is 2. The predicted octanol–water partition coefficient (Wildman–Crippen LogP) is 7.33. The van der Waals surface area contributed by atoms with Crippen molar-refractivity contribution < 1.29 is 5.11 Å². The van der Waals surface area contributed by atoms with Crippen molar-refractivity contribution in [2.45, 2.75) is 25.9 Å². The highest BCUT2D eigenvalue weighted by molar-refractivity contribution is 7.80. The summed E-state index contributed by atoms with van der Waals surface area (Å²) in [7, 11) is 0. The molecule has 1 aliphatic heterocycles. The quantitative estimate of drug-likeness (QED) is 0.264. The second-order valence-corrected chi connectivity index (χ2v) is 9.97. The molecule has 2 N–H and O–H groups in total. The van der Waals surface area contributed by atoms with Crippen LogP contribution in [0, 0.1) is 13.8 Å². The molecule has 0 spiro atoms. The minimum atomic E-state index is -0.320. The van der Waals surface area contributed by atoms with E-state index in [9.17, 15) is 5.11 Å². The number of hydrogen-bond acceptors (Lipinski definition) is 3. The fraction of sp³-hybridized carbons (Fsp3) is 0.154. The molecular formula is C26H21Cl3N4OS. The van der Waals surface area contributed by atoms with Crippen LogP contribution in [0.25, 0.3) is 5.69 Å². The molecule has 0 amide bonds. The number of aryl methyl sites for hydroxylation is 1. The summed E-state index contributed by atoms with van der Waals surface area (Å²) in [6.45, 7) is 4.05. The Balaban J connectivity index is 1.73. The Labute approximate surface area is 223 Å². The molecular weight excluding hydrogens is 523 g/mol. The third-order valence-electron chi connectivity index (χ3n) is 6.26. The Hall–Kier alpha value is -2.77. The molecule has 2 atom stereocenters. The van der Waals surface area contributed by atoms with Crippen molar-refractivity contribution >= 4 is 57.8 Å². The lowest BCUT2D eigenvalue weighted by atomic mass is 9.96. The normalized spacial score (nSPS) is 17.6. The summed E-state index contributed by atoms with van der Waals surface area (Å²) >= 11 is 25.0. The summed E-state index contributed by atoms with van der Waals surface area (Å²) < 4.78 is 2.08. The van der Waals surface area contributed by atoms with Gasteiger partial charge in [0.25, 0.3) is 0 Å². The van der Waals surface area contributed by atoms with Gasteiger partial charge < -0.3 is 19.9 Å². The zero-order valence-corrected chi connectivity index (χ0v) is 21.9. The Morgan fingerprint density at radius 1 is 0.971 bits per heavy atom. The van der Waals surface area contributed by atoms with Gasteiger partial charge in [-0.05, 0) is 80.2 Å². The van der Waals surface area contributed by atoms with Crippen LogP contribution in [0.1, 0.15) is 34.7 Å². The van der Waals surface area contributed by atoms with Crippen LogP contribution in [-0.2, 0) is 0 Å². The predicted molar refractivity (Wildman–Crippen MR) is 146 cm³/mol. The number of aromatic hydroxyl groups is 1. The second kappa shape index (κ2) is 9.36. The molecule has 4 aromatic rings. The van der Waals surface area contributed by atoms with Gasteiger partial charge in [-0.2, -0.15) is 0 Å². The Morgan fingerprint density at radius 2 is 1.77 bits per heavy atom. The average molecular weight is 544 g/mol. The molecule has 0 unspecified atom stereocenters. The van der Waals surface area contributed by atoms with E-state index < -0.39 is 0 Å². The molecule has 1 fully saturated rings. The standard InChI is InChI=1S/C26H21Cl3N4OS/c1-14-12-17(15(2)32(14)20-8-5-6-18(28)23(20)29)25-24(19-7-3-4-11-30-19)31-26(35)33(25)21-13-16(27)9-10-22(21)34/h3-13,24-25,34H,1-2H3,(H,31,35)/t24-,25-/m0/s1. The maximum absolute atomic E-state index is 10.8. The molecule has 9 heteroatoms. The zero-order valence-electron chi connectivity index (χ0n) is 18.8. The monoisotopic (exact) mass is 542 g/mol. The number of hydrogen-bond donors (Lipinski definition) is 2. The van der Waals surface area contributed by atoms with Crippen LogP contribution in [-0.4, -0.2) is 19.8 Å². The maximum Gasteiger partial charge on any atom is 0.174 e. The molecule has 2 aromatic heterocycles. The number of pyridine rings is 1. The van der Waals surface area contributed by atoms with Gasteiger partial charge in [-0.15, -0.1) is 0 Å². The molecule has 2 aromatic carbocycles. The van der Waals surface area contributed by atoms with Crippen molar-refractivity contribution in [3.05, 3.63) is 105 Å². The first-order valence-corrected chi connectivity index (χ1v) is 12.4. The van der Waals surface area contributed by atoms with E-state index in [-0.39, 0.29) is 17.8 Å². The summed E-state index contributed by atoms with van der Waals surface area (Å²) in [6.07, 6.45) is 1.76. The van der Waals surface area contributed by atoms with Crippen LogP contribution in [0.15, 0.2) is 66.9 Å². The SMILES string of the molecule is Cc1cc([C@H]2[C@H](c3ccccn3)NC(=S)N2c2cc(Cl)ccc2O)c(C)n1-c1cccc(Cl)c1Cl. The largest absolute Gasteiger partial charge is 0.506 e. The molecule has 35 heavy (non-hydrogen) atoms. The van der Waals surface area contributed by atoms with Gasteiger partial charge in [-0.25, -0.2) is 0 Å². The number of anilines is 1. The van der Waals surface area contributed by atoms with Crippen LogP contribution in [0.4, 0.5) is 5.69 Å². The first-order valence-electron chi connectivity index (χ1n) is 10.9. The van der Waals surface area contributed by atoms with Gasteiger partial charge >= 0.3 is 0 Å². The smallest absolute Gasteiger partial charge is 0.174 e. The van der Waals surface area contributed by atoms with E-state index in [2.05, 4.69) is 20.9 Å². The number of halogens is 3. The first-order chi connectivity index (χ1) is 16.8. The van der Waals surface area contributed by atoms with Gasteiger partial charge in [0.1, 0.15) is 5.75 Å². The third-order valence-corrected chi connectivity index (χ3v) is 7.61. The minimum Gasteiger partial charge on any atom is -0.506 e. The van der Waals surface area contributed by atoms with E-state index in [1.165, 1.54) is 0 Å². The lowest BCUT2D eigenvalue weighted by molar-refractivity contribution is 0.472. The number of phenolic OH excluding ortho intramolecular Hbond substituents is 1. The summed E-state index contributed by atoms with van der Waals surface area (Å²) in [5, 5.41) is 16.1. The summed E-state index contributed by atoms with van der Waals surface area (Å²) in [6, 6.07) is 17.8. The molecule has 3 heterocycles. The number of rotatable bonds is 4. The van der Waals surface area contributed by atoms with E-state index in [0.717, 1.165) is 28.3 Å². The number of benzene rings is 2. The Morgan fingerprint density at radius 3 is 2.51 bits per heavy atom. The van der Waals surface area contributed by atoms with E-state index in [4.69, 9.17) is 47.0 Å². The van der Waals surface area contributed by atoms with Gasteiger partial charge in [-0.1, -0.05) is 46.9 Å². The number of phenols is 1. The van der Waals surface area contributed by atoms with Gasteiger partial charge in [-0.3, -0.25) is 4.98 Å². The summed E-state index contributed by atoms with van der Waals surface area (Å²) in [5.74, 6) is 0.0805. The van der Waals surface area contributed by atoms with Crippen molar-refractivity contribution in [1.82, 2.24) is 14.9 Å². The maximum atomic E-state index is 10.8. The second-order valence-electron chi connectivity index (χ2n) is 8.36. The summed E-state index contributed by atoms with van der Waals surface area (Å²) in [4.78, 5) is 6.50. The summed E-state index contributed by atoms with van der Waals surface area (Å²) in [5.41, 5.74) is 5.09. The Kier molecular flexibility index (Phi) is 6.40. The van der Waals surface area contributed by atoms with Crippen LogP contribution < -0.4 is 10.2 Å². The number of nitrogens with one attached hydrogen (secondary N) is 1. The molecule has 1 aliphatic rings. The van der Waals surface area contributed by atoms with Crippen LogP contribution >= 0.6 is 47.0 Å². The Bertz CT molecular complexity index is 1440. The van der Waals surface area contributed by atoms with E-state index in [1.54, 1.807) is 30.5 Å². The first kappa shape index (κ1) is 23.9. The van der Waals surface area contributed by atoms with Crippen molar-refractivity contribution in [1.29, 1.82) is 0 Å². The van der Waals surface area contributed by atoms with Crippen molar-refractivity contribution in [2.24, 2.45) is 0 Å². The van der Waals surface area contributed by atoms with Crippen molar-refractivity contribution in [3.63, 3.8) is 0 Å². The molecule has 0 radical (unpaired) electrons. The average Bonchev–Trinajstić information content (AvgIpc) is 3.33. The molecule has 0 bridgehead atoms. The zero-order chi connectivity index (χ0) is 24.9. The highest BCUT2D eigenvalue weighted by Crippen LogP contribution is 2.46. The van der Waals surface area contributed by atoms with Crippen LogP contribution in [0.2, 0.25) is 15.1 Å². The number of nitrogens with zero attached hydrogens (tertiary/aromatic N) is 3. The highest BCUT2D eigenvalue weighted by Gasteiger charge is 2.43. The number of thiocarbonyl (C=S) groups is 1. The molecule has 0 saturated carbocycles. The lowest BCUT2D eigenvalue weighted by Gasteiger charge is -2.29. The molecule has 5 nitrogen and oxygen atoms in total. The van der Waals surface area contributed by atoms with Gasteiger partial charge in [0, 0.05) is 22.6 Å².